The Morgan fingerprint density at radius 2 is 1.92 bits per heavy atom. The highest BCUT2D eigenvalue weighted by Crippen LogP contribution is 2.47. The number of nitrogens with zero attached hydrogens (tertiary/aromatic N) is 1. The highest BCUT2D eigenvalue weighted by molar-refractivity contribution is 9.10. The first kappa shape index (κ1) is 17.6. The molecule has 4 rings (SSSR count). The zero-order valence-electron chi connectivity index (χ0n) is 14.9. The first-order chi connectivity index (χ1) is 12.5. The zero-order valence-corrected chi connectivity index (χ0v) is 16.5. The van der Waals surface area contributed by atoms with Gasteiger partial charge >= 0.3 is 0 Å². The van der Waals surface area contributed by atoms with Crippen LogP contribution in [-0.4, -0.2) is 29.2 Å². The van der Waals surface area contributed by atoms with Gasteiger partial charge in [-0.1, -0.05) is 46.3 Å². The molecular formula is C21H22BrNO3. The molecule has 26 heavy (non-hydrogen) atoms. The van der Waals surface area contributed by atoms with Gasteiger partial charge in [-0.15, -0.1) is 0 Å². The van der Waals surface area contributed by atoms with Gasteiger partial charge in [0.1, 0.15) is 24.2 Å². The molecule has 0 radical (unpaired) electrons. The van der Waals surface area contributed by atoms with E-state index in [2.05, 4.69) is 28.1 Å². The van der Waals surface area contributed by atoms with Crippen LogP contribution in [0.15, 0.2) is 53.0 Å². The van der Waals surface area contributed by atoms with E-state index < -0.39 is 5.72 Å². The SMILES string of the molecule is CC1(C)O[C@@H]2COc3ccccc3[C@@H]2N1C(=O)CCc1ccc(Br)cc1. The van der Waals surface area contributed by atoms with Crippen LogP contribution in [0.1, 0.15) is 37.4 Å². The predicted octanol–water partition coefficient (Wildman–Crippen LogP) is 4.48. The summed E-state index contributed by atoms with van der Waals surface area (Å²) in [4.78, 5) is 15.1. The van der Waals surface area contributed by atoms with Crippen molar-refractivity contribution in [1.29, 1.82) is 0 Å². The minimum atomic E-state index is -0.646. The van der Waals surface area contributed by atoms with E-state index in [-0.39, 0.29) is 18.1 Å². The number of rotatable bonds is 3. The van der Waals surface area contributed by atoms with Crippen molar-refractivity contribution in [1.82, 2.24) is 4.90 Å². The number of hydrogen-bond acceptors (Lipinski definition) is 3. The van der Waals surface area contributed by atoms with Gasteiger partial charge in [0, 0.05) is 16.5 Å². The first-order valence-corrected chi connectivity index (χ1v) is 9.71. The van der Waals surface area contributed by atoms with Gasteiger partial charge in [0.05, 0.1) is 6.04 Å². The molecule has 2 aliphatic heterocycles. The Labute approximate surface area is 162 Å². The molecule has 1 fully saturated rings. The number of fused-ring (bicyclic) bond motifs is 3. The van der Waals surface area contributed by atoms with Crippen molar-refractivity contribution in [2.24, 2.45) is 0 Å². The summed E-state index contributed by atoms with van der Waals surface area (Å²) in [6, 6.07) is 16.0. The number of benzene rings is 2. The maximum Gasteiger partial charge on any atom is 0.225 e. The van der Waals surface area contributed by atoms with Gasteiger partial charge in [-0.05, 0) is 44.0 Å². The van der Waals surface area contributed by atoms with E-state index in [9.17, 15) is 4.79 Å². The molecule has 5 heteroatoms. The number of ether oxygens (including phenoxy) is 2. The van der Waals surface area contributed by atoms with E-state index in [0.29, 0.717) is 19.4 Å². The third kappa shape index (κ3) is 3.14. The fourth-order valence-corrected chi connectivity index (χ4v) is 4.23. The van der Waals surface area contributed by atoms with Gasteiger partial charge in [0.25, 0.3) is 0 Å². The Morgan fingerprint density at radius 3 is 2.69 bits per heavy atom. The monoisotopic (exact) mass is 415 g/mol. The molecule has 0 aromatic heterocycles. The van der Waals surface area contributed by atoms with Crippen LogP contribution >= 0.6 is 15.9 Å². The summed E-state index contributed by atoms with van der Waals surface area (Å²) in [5.41, 5.74) is 1.54. The minimum absolute atomic E-state index is 0.0904. The maximum atomic E-state index is 13.2. The average molecular weight is 416 g/mol. The lowest BCUT2D eigenvalue weighted by Gasteiger charge is -2.35. The number of aryl methyl sites for hydroxylation is 1. The number of carbonyl (C=O) groups is 1. The Bertz CT molecular complexity index is 818. The molecule has 0 N–H and O–H groups in total. The molecule has 0 saturated carbocycles. The van der Waals surface area contributed by atoms with Crippen LogP contribution in [0, 0.1) is 0 Å². The van der Waals surface area contributed by atoms with E-state index in [1.165, 1.54) is 0 Å². The molecule has 0 bridgehead atoms. The summed E-state index contributed by atoms with van der Waals surface area (Å²) in [6.45, 7) is 4.40. The molecular weight excluding hydrogens is 394 g/mol. The Hall–Kier alpha value is -1.85. The highest BCUT2D eigenvalue weighted by atomic mass is 79.9. The van der Waals surface area contributed by atoms with Crippen molar-refractivity contribution in [3.63, 3.8) is 0 Å². The Morgan fingerprint density at radius 1 is 1.19 bits per heavy atom. The van der Waals surface area contributed by atoms with Crippen molar-refractivity contribution in [2.75, 3.05) is 6.61 Å². The number of amides is 1. The normalized spacial score (nSPS) is 23.1. The molecule has 1 saturated heterocycles. The summed E-state index contributed by atoms with van der Waals surface area (Å²) in [6.07, 6.45) is 1.05. The van der Waals surface area contributed by atoms with Gasteiger partial charge in [-0.25, -0.2) is 0 Å². The Balaban J connectivity index is 1.57. The number of carbonyl (C=O) groups excluding carboxylic acids is 1. The van der Waals surface area contributed by atoms with Gasteiger partial charge < -0.3 is 14.4 Å². The molecule has 2 heterocycles. The van der Waals surface area contributed by atoms with Crippen LogP contribution in [0.4, 0.5) is 0 Å². The van der Waals surface area contributed by atoms with Crippen LogP contribution < -0.4 is 4.74 Å². The van der Waals surface area contributed by atoms with Crippen molar-refractivity contribution < 1.29 is 14.3 Å². The van der Waals surface area contributed by atoms with E-state index >= 15 is 0 Å². The lowest BCUT2D eigenvalue weighted by Crippen LogP contribution is -2.45. The highest BCUT2D eigenvalue weighted by Gasteiger charge is 2.52. The summed E-state index contributed by atoms with van der Waals surface area (Å²) < 4.78 is 13.1. The molecule has 2 atom stereocenters. The molecule has 2 aromatic carbocycles. The summed E-state index contributed by atoms with van der Waals surface area (Å²) in [7, 11) is 0. The molecule has 2 aromatic rings. The molecule has 4 nitrogen and oxygen atoms in total. The van der Waals surface area contributed by atoms with Crippen LogP contribution in [0.25, 0.3) is 0 Å². The van der Waals surface area contributed by atoms with Crippen molar-refractivity contribution in [2.45, 2.75) is 44.6 Å². The van der Waals surface area contributed by atoms with Crippen molar-refractivity contribution in [3.8, 4) is 5.75 Å². The lowest BCUT2D eigenvalue weighted by atomic mass is 9.96. The van der Waals surface area contributed by atoms with Gasteiger partial charge in [0.15, 0.2) is 0 Å². The maximum absolute atomic E-state index is 13.2. The standard InChI is InChI=1S/C21H22BrNO3/c1-21(2)23(19(24)12-9-14-7-10-15(22)11-8-14)20-16-5-3-4-6-17(16)25-13-18(20)26-21/h3-8,10-11,18,20H,9,12-13H2,1-2H3/t18-,20+/m1/s1. The zero-order chi connectivity index (χ0) is 18.3. The molecule has 1 amide bonds. The number of para-hydroxylation sites is 1. The first-order valence-electron chi connectivity index (χ1n) is 8.92. The van der Waals surface area contributed by atoms with E-state index in [1.54, 1.807) is 0 Å². The lowest BCUT2D eigenvalue weighted by molar-refractivity contribution is -0.147. The number of halogens is 1. The minimum Gasteiger partial charge on any atom is -0.490 e. The van der Waals surface area contributed by atoms with Crippen molar-refractivity contribution >= 4 is 21.8 Å². The molecule has 0 spiro atoms. The second-order valence-electron chi connectivity index (χ2n) is 7.29. The molecule has 136 valence electrons. The molecule has 0 unspecified atom stereocenters. The van der Waals surface area contributed by atoms with E-state index in [4.69, 9.17) is 9.47 Å². The van der Waals surface area contributed by atoms with Crippen LogP contribution in [0.2, 0.25) is 0 Å². The summed E-state index contributed by atoms with van der Waals surface area (Å²) in [5, 5.41) is 0. The second-order valence-corrected chi connectivity index (χ2v) is 8.20. The summed E-state index contributed by atoms with van der Waals surface area (Å²) >= 11 is 3.44. The fraction of sp³-hybridized carbons (Fsp3) is 0.381. The van der Waals surface area contributed by atoms with Crippen LogP contribution in [-0.2, 0) is 16.0 Å². The Kier molecular flexibility index (Phi) is 4.53. The van der Waals surface area contributed by atoms with Crippen molar-refractivity contribution in [3.05, 3.63) is 64.1 Å². The van der Waals surface area contributed by atoms with Gasteiger partial charge in [-0.2, -0.15) is 0 Å². The average Bonchev–Trinajstić information content (AvgIpc) is 2.91. The topological polar surface area (TPSA) is 38.8 Å². The van der Waals surface area contributed by atoms with Gasteiger partial charge in [0.2, 0.25) is 5.91 Å². The fourth-order valence-electron chi connectivity index (χ4n) is 3.96. The second kappa shape index (κ2) is 6.71. The molecule has 2 aliphatic rings. The van der Waals surface area contributed by atoms with Crippen LogP contribution in [0.5, 0.6) is 5.75 Å². The largest absolute Gasteiger partial charge is 0.490 e. The van der Waals surface area contributed by atoms with Gasteiger partial charge in [-0.3, -0.25) is 4.79 Å². The smallest absolute Gasteiger partial charge is 0.225 e. The number of hydrogen-bond donors (Lipinski definition) is 0. The van der Waals surface area contributed by atoms with E-state index in [0.717, 1.165) is 21.3 Å². The molecule has 0 aliphatic carbocycles. The van der Waals surface area contributed by atoms with E-state index in [1.807, 2.05) is 55.1 Å². The third-order valence-electron chi connectivity index (χ3n) is 5.10. The van der Waals surface area contributed by atoms with Crippen LogP contribution in [0.3, 0.4) is 0 Å². The quantitative estimate of drug-likeness (QED) is 0.741. The summed E-state index contributed by atoms with van der Waals surface area (Å²) in [5.74, 6) is 0.961. The third-order valence-corrected chi connectivity index (χ3v) is 5.63. The predicted molar refractivity (Wildman–Crippen MR) is 103 cm³/mol.